The van der Waals surface area contributed by atoms with Crippen molar-refractivity contribution < 1.29 is 14.3 Å². The molecule has 29 heavy (non-hydrogen) atoms. The third kappa shape index (κ3) is 10.3. The predicted octanol–water partition coefficient (Wildman–Crippen LogP) is 3.84. The first-order chi connectivity index (χ1) is 13.1. The van der Waals surface area contributed by atoms with Gasteiger partial charge in [0.2, 0.25) is 5.91 Å². The van der Waals surface area contributed by atoms with Crippen LogP contribution >= 0.6 is 24.8 Å². The molecule has 1 fully saturated rings. The van der Waals surface area contributed by atoms with Crippen LogP contribution in [0.4, 0.5) is 5.69 Å². The van der Waals surface area contributed by atoms with Crippen LogP contribution in [-0.2, 0) is 9.53 Å². The van der Waals surface area contributed by atoms with E-state index in [0.717, 1.165) is 39.3 Å². The minimum Gasteiger partial charge on any atom is -0.461 e. The number of rotatable bonds is 10. The van der Waals surface area contributed by atoms with Gasteiger partial charge in [0.25, 0.3) is 0 Å². The average molecular weight is 448 g/mol. The number of hydrogen-bond acceptors (Lipinski definition) is 5. The molecule has 1 aromatic carbocycles. The summed E-state index contributed by atoms with van der Waals surface area (Å²) in [5.41, 5.74) is 1.21. The molecule has 0 saturated carbocycles. The molecule has 0 aliphatic carbocycles. The number of likely N-dealkylation sites (N-methyl/N-ethyl adjacent to an activating group) is 1. The molecule has 0 radical (unpaired) electrons. The molecule has 0 atom stereocenters. The van der Waals surface area contributed by atoms with Gasteiger partial charge in [-0.1, -0.05) is 20.3 Å². The number of nitrogens with one attached hydrogen (secondary N) is 1. The fraction of sp³-hybridized carbons (Fsp3) is 0.619. The highest BCUT2D eigenvalue weighted by Gasteiger charge is 2.12. The van der Waals surface area contributed by atoms with Crippen molar-refractivity contribution in [1.82, 2.24) is 9.80 Å². The van der Waals surface area contributed by atoms with Crippen molar-refractivity contribution in [2.45, 2.75) is 39.5 Å². The predicted molar refractivity (Wildman–Crippen MR) is 123 cm³/mol. The fourth-order valence-corrected chi connectivity index (χ4v) is 3.25. The van der Waals surface area contributed by atoms with Gasteiger partial charge >= 0.3 is 5.97 Å². The van der Waals surface area contributed by atoms with Gasteiger partial charge in [-0.25, -0.2) is 4.79 Å². The Morgan fingerprint density at radius 1 is 1.03 bits per heavy atom. The first-order valence-corrected chi connectivity index (χ1v) is 10.1. The molecule has 0 unspecified atom stereocenters. The Labute approximate surface area is 187 Å². The number of piperidine rings is 1. The maximum Gasteiger partial charge on any atom is 0.338 e. The van der Waals surface area contributed by atoms with Crippen molar-refractivity contribution in [3.8, 4) is 0 Å². The summed E-state index contributed by atoms with van der Waals surface area (Å²) in [6.07, 6.45) is 4.25. The summed E-state index contributed by atoms with van der Waals surface area (Å²) in [5, 5.41) is 2.90. The molecule has 8 heteroatoms. The Morgan fingerprint density at radius 2 is 1.66 bits per heavy atom. The Kier molecular flexibility index (Phi) is 14.8. The van der Waals surface area contributed by atoms with Gasteiger partial charge < -0.3 is 19.9 Å². The molecule has 166 valence electrons. The number of halogens is 2. The Bertz CT molecular complexity index is 589. The molecule has 1 saturated heterocycles. The van der Waals surface area contributed by atoms with Crippen LogP contribution in [0.25, 0.3) is 0 Å². The molecule has 0 bridgehead atoms. The molecule has 1 amide bonds. The van der Waals surface area contributed by atoms with Crippen LogP contribution in [0, 0.1) is 0 Å². The maximum absolute atomic E-state index is 12.1. The standard InChI is InChI=1S/C21H33N3O3.2ClH/c1-3-23(4-2)16-17-27-21(26)18-8-10-19(11-9-18)22-20(25)12-15-24-13-6-5-7-14-24;;/h8-11H,3-7,12-17H2,1-2H3,(H,22,25);2*1H. The smallest absolute Gasteiger partial charge is 0.338 e. The number of benzene rings is 1. The Morgan fingerprint density at radius 3 is 2.24 bits per heavy atom. The third-order valence-corrected chi connectivity index (χ3v) is 5.04. The van der Waals surface area contributed by atoms with Gasteiger partial charge in [0.05, 0.1) is 5.56 Å². The summed E-state index contributed by atoms with van der Waals surface area (Å²) in [5.74, 6) is -0.319. The lowest BCUT2D eigenvalue weighted by Crippen LogP contribution is -2.32. The minimum absolute atomic E-state index is 0. The van der Waals surface area contributed by atoms with Crippen molar-refractivity contribution >= 4 is 42.4 Å². The average Bonchev–Trinajstić information content (AvgIpc) is 2.71. The van der Waals surface area contributed by atoms with Crippen molar-refractivity contribution in [2.75, 3.05) is 51.2 Å². The number of carbonyl (C=O) groups is 2. The second kappa shape index (κ2) is 15.5. The van der Waals surface area contributed by atoms with E-state index in [-0.39, 0.29) is 36.7 Å². The van der Waals surface area contributed by atoms with Gasteiger partial charge in [-0.3, -0.25) is 4.79 Å². The quantitative estimate of drug-likeness (QED) is 0.551. The molecule has 1 aliphatic rings. The van der Waals surface area contributed by atoms with Crippen molar-refractivity contribution in [3.63, 3.8) is 0 Å². The van der Waals surface area contributed by atoms with E-state index in [9.17, 15) is 9.59 Å². The molecule has 6 nitrogen and oxygen atoms in total. The highest BCUT2D eigenvalue weighted by atomic mass is 35.5. The number of amides is 1. The van der Waals surface area contributed by atoms with Crippen LogP contribution < -0.4 is 5.32 Å². The van der Waals surface area contributed by atoms with E-state index in [4.69, 9.17) is 4.74 Å². The maximum atomic E-state index is 12.1. The van der Waals surface area contributed by atoms with E-state index in [1.807, 2.05) is 0 Å². The lowest BCUT2D eigenvalue weighted by molar-refractivity contribution is -0.116. The number of nitrogens with zero attached hydrogens (tertiary/aromatic N) is 2. The summed E-state index contributed by atoms with van der Waals surface area (Å²) < 4.78 is 5.32. The third-order valence-electron chi connectivity index (χ3n) is 5.04. The number of hydrogen-bond donors (Lipinski definition) is 1. The zero-order valence-electron chi connectivity index (χ0n) is 17.5. The number of ether oxygens (including phenoxy) is 1. The van der Waals surface area contributed by atoms with Crippen LogP contribution in [0.2, 0.25) is 0 Å². The van der Waals surface area contributed by atoms with Crippen molar-refractivity contribution in [3.05, 3.63) is 29.8 Å². The van der Waals surface area contributed by atoms with Crippen LogP contribution in [0.5, 0.6) is 0 Å². The first-order valence-electron chi connectivity index (χ1n) is 10.1. The summed E-state index contributed by atoms with van der Waals surface area (Å²) in [6, 6.07) is 6.89. The normalized spacial score (nSPS) is 13.9. The summed E-state index contributed by atoms with van der Waals surface area (Å²) in [4.78, 5) is 28.7. The molecular formula is C21H35Cl2N3O3. The van der Waals surface area contributed by atoms with Gasteiger partial charge in [0.15, 0.2) is 0 Å². The van der Waals surface area contributed by atoms with Crippen molar-refractivity contribution in [1.29, 1.82) is 0 Å². The monoisotopic (exact) mass is 447 g/mol. The molecule has 1 N–H and O–H groups in total. The van der Waals surface area contributed by atoms with Gasteiger partial charge in [0.1, 0.15) is 6.61 Å². The van der Waals surface area contributed by atoms with Crippen LogP contribution in [0.1, 0.15) is 49.9 Å². The zero-order valence-corrected chi connectivity index (χ0v) is 19.2. The summed E-state index contributed by atoms with van der Waals surface area (Å²) in [7, 11) is 0. The highest BCUT2D eigenvalue weighted by Crippen LogP contribution is 2.12. The van der Waals surface area contributed by atoms with Crippen molar-refractivity contribution in [2.24, 2.45) is 0 Å². The second-order valence-corrected chi connectivity index (χ2v) is 6.94. The van der Waals surface area contributed by atoms with E-state index in [2.05, 4.69) is 29.0 Å². The molecule has 1 aromatic rings. The fourth-order valence-electron chi connectivity index (χ4n) is 3.25. The number of anilines is 1. The lowest BCUT2D eigenvalue weighted by atomic mass is 10.1. The first kappa shape index (κ1) is 27.7. The van der Waals surface area contributed by atoms with E-state index >= 15 is 0 Å². The van der Waals surface area contributed by atoms with E-state index in [0.29, 0.717) is 24.3 Å². The van der Waals surface area contributed by atoms with Gasteiger partial charge in [0, 0.05) is 25.2 Å². The molecular weight excluding hydrogens is 413 g/mol. The SMILES string of the molecule is CCN(CC)CCOC(=O)c1ccc(NC(=O)CCN2CCCCC2)cc1.Cl.Cl. The molecule has 1 aliphatic heterocycles. The van der Waals surface area contributed by atoms with Crippen LogP contribution in [0.15, 0.2) is 24.3 Å². The van der Waals surface area contributed by atoms with Gasteiger partial charge in [-0.05, 0) is 63.3 Å². The van der Waals surface area contributed by atoms with E-state index < -0.39 is 0 Å². The lowest BCUT2D eigenvalue weighted by Gasteiger charge is -2.25. The largest absolute Gasteiger partial charge is 0.461 e. The van der Waals surface area contributed by atoms with E-state index in [1.54, 1.807) is 24.3 Å². The molecule has 0 aromatic heterocycles. The van der Waals surface area contributed by atoms with Crippen LogP contribution in [0.3, 0.4) is 0 Å². The number of esters is 1. The Hall–Kier alpha value is -1.34. The van der Waals surface area contributed by atoms with Crippen LogP contribution in [-0.4, -0.2) is 67.6 Å². The number of carbonyl (C=O) groups excluding carboxylic acids is 2. The molecule has 2 rings (SSSR count). The highest BCUT2D eigenvalue weighted by molar-refractivity contribution is 5.93. The van der Waals surface area contributed by atoms with E-state index in [1.165, 1.54) is 19.3 Å². The molecule has 0 spiro atoms. The second-order valence-electron chi connectivity index (χ2n) is 6.94. The molecule has 1 heterocycles. The summed E-state index contributed by atoms with van der Waals surface area (Å²) >= 11 is 0. The van der Waals surface area contributed by atoms with Gasteiger partial charge in [-0.15, -0.1) is 24.8 Å². The zero-order chi connectivity index (χ0) is 19.5. The minimum atomic E-state index is -0.329. The topological polar surface area (TPSA) is 61.9 Å². The number of likely N-dealkylation sites (tertiary alicyclic amines) is 1. The Balaban J connectivity index is 0.00000392. The van der Waals surface area contributed by atoms with Gasteiger partial charge in [-0.2, -0.15) is 0 Å². The summed E-state index contributed by atoms with van der Waals surface area (Å²) in [6.45, 7) is 10.2.